The van der Waals surface area contributed by atoms with Gasteiger partial charge in [0, 0.05) is 10.2 Å². The van der Waals surface area contributed by atoms with Crippen LogP contribution in [0.3, 0.4) is 0 Å². The SMILES string of the molecule is Cc1nc(C)c(CC(=O)OC(C)C)c(C2=CCC(C)(C)CC2)c1Br. The molecule has 1 aromatic rings. The van der Waals surface area contributed by atoms with Crippen molar-refractivity contribution in [3.05, 3.63) is 33.1 Å². The second-order valence-electron chi connectivity index (χ2n) is 7.76. The Bertz CT molecular complexity index is 675. The minimum absolute atomic E-state index is 0.0993. The predicted molar refractivity (Wildman–Crippen MR) is 102 cm³/mol. The van der Waals surface area contributed by atoms with Gasteiger partial charge in [0.2, 0.25) is 0 Å². The molecule has 3 nitrogen and oxygen atoms in total. The molecular weight excluding hydrogens is 366 g/mol. The topological polar surface area (TPSA) is 39.2 Å². The van der Waals surface area contributed by atoms with Crippen molar-refractivity contribution in [3.8, 4) is 0 Å². The number of carbonyl (C=O) groups is 1. The number of hydrogen-bond acceptors (Lipinski definition) is 3. The summed E-state index contributed by atoms with van der Waals surface area (Å²) in [5.41, 5.74) is 5.69. The van der Waals surface area contributed by atoms with Crippen LogP contribution in [0.4, 0.5) is 0 Å². The minimum Gasteiger partial charge on any atom is -0.463 e. The van der Waals surface area contributed by atoms with E-state index in [1.807, 2.05) is 27.7 Å². The molecule has 0 aromatic carbocycles. The van der Waals surface area contributed by atoms with Crippen molar-refractivity contribution >= 4 is 27.5 Å². The van der Waals surface area contributed by atoms with Gasteiger partial charge >= 0.3 is 5.97 Å². The second kappa shape index (κ2) is 7.38. The maximum absolute atomic E-state index is 12.2. The Morgan fingerprint density at radius 2 is 2.00 bits per heavy atom. The van der Waals surface area contributed by atoms with E-state index in [1.165, 1.54) is 5.57 Å². The Labute approximate surface area is 154 Å². The molecule has 1 aliphatic carbocycles. The van der Waals surface area contributed by atoms with Crippen LogP contribution in [0.5, 0.6) is 0 Å². The van der Waals surface area contributed by atoms with Crippen molar-refractivity contribution in [3.63, 3.8) is 0 Å². The summed E-state index contributed by atoms with van der Waals surface area (Å²) < 4.78 is 6.36. The van der Waals surface area contributed by atoms with Crippen LogP contribution < -0.4 is 0 Å². The number of esters is 1. The highest BCUT2D eigenvalue weighted by molar-refractivity contribution is 9.10. The highest BCUT2D eigenvalue weighted by Crippen LogP contribution is 2.42. The fraction of sp³-hybridized carbons (Fsp3) is 0.600. The normalized spacial score (nSPS) is 16.9. The quantitative estimate of drug-likeness (QED) is 0.629. The summed E-state index contributed by atoms with van der Waals surface area (Å²) in [7, 11) is 0. The van der Waals surface area contributed by atoms with E-state index in [4.69, 9.17) is 4.74 Å². The number of pyridine rings is 1. The molecule has 0 bridgehead atoms. The average molecular weight is 394 g/mol. The number of halogens is 1. The van der Waals surface area contributed by atoms with E-state index in [0.29, 0.717) is 5.41 Å². The number of aryl methyl sites for hydroxylation is 2. The lowest BCUT2D eigenvalue weighted by atomic mass is 9.76. The summed E-state index contributed by atoms with van der Waals surface area (Å²) in [6, 6.07) is 0. The zero-order valence-corrected chi connectivity index (χ0v) is 17.2. The standard InChI is InChI=1S/C20H28BrNO2/c1-12(2)24-17(23)11-16-13(3)22-14(4)19(21)18(16)15-7-9-20(5,6)10-8-15/h7,12H,8-11H2,1-6H3. The molecule has 0 radical (unpaired) electrons. The number of nitrogens with zero attached hydrogens (tertiary/aromatic N) is 1. The number of carbonyl (C=O) groups excluding carboxylic acids is 1. The molecular formula is C20H28BrNO2. The first-order chi connectivity index (χ1) is 11.1. The van der Waals surface area contributed by atoms with Crippen molar-refractivity contribution < 1.29 is 9.53 Å². The van der Waals surface area contributed by atoms with E-state index in [1.54, 1.807) is 0 Å². The van der Waals surface area contributed by atoms with Gasteiger partial charge in [-0.2, -0.15) is 0 Å². The Morgan fingerprint density at radius 1 is 1.33 bits per heavy atom. The smallest absolute Gasteiger partial charge is 0.310 e. The molecule has 0 saturated heterocycles. The molecule has 0 saturated carbocycles. The first-order valence-corrected chi connectivity index (χ1v) is 9.44. The van der Waals surface area contributed by atoms with Gasteiger partial charge in [-0.1, -0.05) is 19.9 Å². The summed E-state index contributed by atoms with van der Waals surface area (Å²) in [6.45, 7) is 12.3. The van der Waals surface area contributed by atoms with Crippen LogP contribution in [-0.2, 0) is 16.0 Å². The molecule has 0 aliphatic heterocycles. The molecule has 1 heterocycles. The third kappa shape index (κ3) is 4.47. The third-order valence-corrected chi connectivity index (χ3v) is 5.56. The Morgan fingerprint density at radius 3 is 2.54 bits per heavy atom. The lowest BCUT2D eigenvalue weighted by Gasteiger charge is -2.30. The minimum atomic E-state index is -0.191. The van der Waals surface area contributed by atoms with Gasteiger partial charge in [0.15, 0.2) is 0 Å². The van der Waals surface area contributed by atoms with Gasteiger partial charge in [0.1, 0.15) is 0 Å². The van der Waals surface area contributed by atoms with Gasteiger partial charge in [0.05, 0.1) is 18.2 Å². The molecule has 2 rings (SSSR count). The largest absolute Gasteiger partial charge is 0.463 e. The molecule has 24 heavy (non-hydrogen) atoms. The molecule has 4 heteroatoms. The first-order valence-electron chi connectivity index (χ1n) is 8.65. The van der Waals surface area contributed by atoms with Gasteiger partial charge in [-0.3, -0.25) is 9.78 Å². The van der Waals surface area contributed by atoms with Crippen LogP contribution in [0, 0.1) is 19.3 Å². The molecule has 1 aliphatic rings. The fourth-order valence-corrected chi connectivity index (χ4v) is 3.75. The molecule has 0 fully saturated rings. The molecule has 0 spiro atoms. The molecule has 0 amide bonds. The summed E-state index contributed by atoms with van der Waals surface area (Å²) in [5, 5.41) is 0. The summed E-state index contributed by atoms with van der Waals surface area (Å²) >= 11 is 3.71. The molecule has 132 valence electrons. The highest BCUT2D eigenvalue weighted by Gasteiger charge is 2.26. The van der Waals surface area contributed by atoms with Crippen LogP contribution in [0.15, 0.2) is 10.5 Å². The summed E-state index contributed by atoms with van der Waals surface area (Å²) in [6.07, 6.45) is 5.75. The van der Waals surface area contributed by atoms with E-state index < -0.39 is 0 Å². The Balaban J connectivity index is 2.45. The molecule has 0 N–H and O–H groups in total. The average Bonchev–Trinajstić information content (AvgIpc) is 2.45. The summed E-state index contributed by atoms with van der Waals surface area (Å²) in [4.78, 5) is 16.8. The number of ether oxygens (including phenoxy) is 1. The summed E-state index contributed by atoms with van der Waals surface area (Å²) in [5.74, 6) is -0.191. The van der Waals surface area contributed by atoms with Crippen molar-refractivity contribution in [2.24, 2.45) is 5.41 Å². The maximum Gasteiger partial charge on any atom is 0.310 e. The van der Waals surface area contributed by atoms with Gasteiger partial charge in [-0.05, 0) is 85.0 Å². The van der Waals surface area contributed by atoms with Crippen LogP contribution in [0.1, 0.15) is 69.5 Å². The van der Waals surface area contributed by atoms with Crippen molar-refractivity contribution in [2.75, 3.05) is 0 Å². The zero-order chi connectivity index (χ0) is 18.1. The lowest BCUT2D eigenvalue weighted by molar-refractivity contribution is -0.146. The predicted octanol–water partition coefficient (Wildman–Crippen LogP) is 5.55. The first kappa shape index (κ1) is 19.2. The number of rotatable bonds is 4. The monoisotopic (exact) mass is 393 g/mol. The third-order valence-electron chi connectivity index (χ3n) is 4.59. The van der Waals surface area contributed by atoms with Gasteiger partial charge < -0.3 is 4.74 Å². The van der Waals surface area contributed by atoms with Crippen molar-refractivity contribution in [1.29, 1.82) is 0 Å². The fourth-order valence-electron chi connectivity index (χ4n) is 3.17. The van der Waals surface area contributed by atoms with Crippen molar-refractivity contribution in [1.82, 2.24) is 4.98 Å². The zero-order valence-electron chi connectivity index (χ0n) is 15.6. The van der Waals surface area contributed by atoms with E-state index in [0.717, 1.165) is 46.2 Å². The molecule has 0 atom stereocenters. The van der Waals surface area contributed by atoms with E-state index in [-0.39, 0.29) is 18.5 Å². The number of allylic oxidation sites excluding steroid dienone is 2. The number of hydrogen-bond donors (Lipinski definition) is 0. The number of aromatic nitrogens is 1. The lowest BCUT2D eigenvalue weighted by Crippen LogP contribution is -2.18. The van der Waals surface area contributed by atoms with Crippen LogP contribution in [0.2, 0.25) is 0 Å². The molecule has 1 aromatic heterocycles. The van der Waals surface area contributed by atoms with Crippen LogP contribution in [-0.4, -0.2) is 17.1 Å². The highest BCUT2D eigenvalue weighted by atomic mass is 79.9. The van der Waals surface area contributed by atoms with Gasteiger partial charge in [0.25, 0.3) is 0 Å². The maximum atomic E-state index is 12.2. The van der Waals surface area contributed by atoms with Crippen molar-refractivity contribution in [2.45, 2.75) is 73.3 Å². The Hall–Kier alpha value is -1.16. The van der Waals surface area contributed by atoms with Crippen LogP contribution >= 0.6 is 15.9 Å². The Kier molecular flexibility index (Phi) is 5.90. The second-order valence-corrected chi connectivity index (χ2v) is 8.56. The molecule has 0 unspecified atom stereocenters. The van der Waals surface area contributed by atoms with E-state index in [9.17, 15) is 4.79 Å². The van der Waals surface area contributed by atoms with Crippen LogP contribution in [0.25, 0.3) is 5.57 Å². The van der Waals surface area contributed by atoms with Gasteiger partial charge in [-0.25, -0.2) is 0 Å². The van der Waals surface area contributed by atoms with E-state index >= 15 is 0 Å². The van der Waals surface area contributed by atoms with Gasteiger partial charge in [-0.15, -0.1) is 0 Å². The van der Waals surface area contributed by atoms with E-state index in [2.05, 4.69) is 40.8 Å².